The van der Waals surface area contributed by atoms with Crippen LogP contribution in [0.4, 0.5) is 13.2 Å². The first-order valence-corrected chi connectivity index (χ1v) is 11.1. The molecular weight excluding hydrogens is 385 g/mol. The standard InChI is InChI=1S/C21H27F3O3Si/c1-13(2)25-28(26-14(3)4,27-15(5)6)17-9-7-16(8-10-17)18-11-20(23)21(24)12-19(18)22/h7-15H,1-6H3. The van der Waals surface area contributed by atoms with E-state index < -0.39 is 26.3 Å². The molecule has 0 aliphatic carbocycles. The zero-order chi connectivity index (χ0) is 21.1. The number of hydrogen-bond acceptors (Lipinski definition) is 3. The molecule has 0 aliphatic rings. The summed E-state index contributed by atoms with van der Waals surface area (Å²) in [7, 11) is -3.25. The molecule has 2 aromatic carbocycles. The molecule has 0 atom stereocenters. The summed E-state index contributed by atoms with van der Waals surface area (Å²) in [5.41, 5.74) is 0.402. The summed E-state index contributed by atoms with van der Waals surface area (Å²) in [6.45, 7) is 11.4. The fraction of sp³-hybridized carbons (Fsp3) is 0.429. The van der Waals surface area contributed by atoms with Crippen LogP contribution in [0.1, 0.15) is 41.5 Å². The van der Waals surface area contributed by atoms with Gasteiger partial charge in [0.25, 0.3) is 0 Å². The largest absolute Gasteiger partial charge is 0.537 e. The van der Waals surface area contributed by atoms with Crippen molar-refractivity contribution in [2.24, 2.45) is 0 Å². The summed E-state index contributed by atoms with van der Waals surface area (Å²) in [6, 6.07) is 8.12. The van der Waals surface area contributed by atoms with E-state index in [1.54, 1.807) is 24.3 Å². The lowest BCUT2D eigenvalue weighted by atomic mass is 10.1. The molecule has 0 N–H and O–H groups in total. The molecule has 0 aliphatic heterocycles. The van der Waals surface area contributed by atoms with Gasteiger partial charge in [0.05, 0.1) is 0 Å². The van der Waals surface area contributed by atoms with E-state index >= 15 is 0 Å². The summed E-state index contributed by atoms with van der Waals surface area (Å²) in [6.07, 6.45) is -0.396. The summed E-state index contributed by atoms with van der Waals surface area (Å²) < 4.78 is 59.3. The Balaban J connectivity index is 2.49. The molecule has 3 nitrogen and oxygen atoms in total. The van der Waals surface area contributed by atoms with Gasteiger partial charge in [-0.1, -0.05) is 24.3 Å². The number of halogens is 3. The van der Waals surface area contributed by atoms with E-state index in [1.807, 2.05) is 41.5 Å². The van der Waals surface area contributed by atoms with Gasteiger partial charge in [-0.15, -0.1) is 0 Å². The quantitative estimate of drug-likeness (QED) is 0.441. The molecule has 28 heavy (non-hydrogen) atoms. The number of rotatable bonds is 8. The van der Waals surface area contributed by atoms with Crippen molar-refractivity contribution < 1.29 is 26.4 Å². The van der Waals surface area contributed by atoms with Gasteiger partial charge in [0.15, 0.2) is 11.6 Å². The molecule has 7 heteroatoms. The van der Waals surface area contributed by atoms with Gasteiger partial charge in [-0.25, -0.2) is 13.2 Å². The number of hydrogen-bond donors (Lipinski definition) is 0. The van der Waals surface area contributed by atoms with Crippen LogP contribution in [-0.2, 0) is 13.3 Å². The van der Waals surface area contributed by atoms with Gasteiger partial charge < -0.3 is 13.3 Å². The molecule has 0 fully saturated rings. The first-order valence-electron chi connectivity index (χ1n) is 9.33. The average Bonchev–Trinajstić information content (AvgIpc) is 2.56. The van der Waals surface area contributed by atoms with Crippen LogP contribution in [0.3, 0.4) is 0 Å². The van der Waals surface area contributed by atoms with E-state index in [0.29, 0.717) is 11.6 Å². The van der Waals surface area contributed by atoms with Crippen LogP contribution in [-0.4, -0.2) is 27.1 Å². The van der Waals surface area contributed by atoms with Gasteiger partial charge in [-0.05, 0) is 53.2 Å². The minimum atomic E-state index is -3.25. The third kappa shape index (κ3) is 5.44. The van der Waals surface area contributed by atoms with Crippen LogP contribution in [0.15, 0.2) is 36.4 Å². The Hall–Kier alpha value is -1.67. The van der Waals surface area contributed by atoms with Crippen molar-refractivity contribution in [3.05, 3.63) is 53.8 Å². The van der Waals surface area contributed by atoms with Crippen LogP contribution < -0.4 is 5.19 Å². The molecule has 154 valence electrons. The molecule has 2 aromatic rings. The molecule has 0 amide bonds. The molecule has 0 radical (unpaired) electrons. The SMILES string of the molecule is CC(C)O[Si](OC(C)C)(OC(C)C)c1ccc(-c2cc(F)c(F)cc2F)cc1. The third-order valence-corrected chi connectivity index (χ3v) is 7.12. The highest BCUT2D eigenvalue weighted by atomic mass is 28.4. The highest BCUT2D eigenvalue weighted by Gasteiger charge is 2.46. The molecule has 0 heterocycles. The summed E-state index contributed by atoms with van der Waals surface area (Å²) in [4.78, 5) is 0. The highest BCUT2D eigenvalue weighted by molar-refractivity contribution is 6.75. The monoisotopic (exact) mass is 412 g/mol. The van der Waals surface area contributed by atoms with Crippen molar-refractivity contribution >= 4 is 14.0 Å². The van der Waals surface area contributed by atoms with E-state index in [2.05, 4.69) is 0 Å². The summed E-state index contributed by atoms with van der Waals surface area (Å²) >= 11 is 0. The first kappa shape index (κ1) is 22.6. The van der Waals surface area contributed by atoms with E-state index in [1.165, 1.54) is 0 Å². The van der Waals surface area contributed by atoms with Gasteiger partial charge in [0, 0.05) is 35.1 Å². The molecule has 0 saturated carbocycles. The maximum absolute atomic E-state index is 14.1. The second kappa shape index (κ2) is 9.22. The van der Waals surface area contributed by atoms with Crippen molar-refractivity contribution in [3.8, 4) is 11.1 Å². The minimum Gasteiger partial charge on any atom is -0.367 e. The van der Waals surface area contributed by atoms with Crippen LogP contribution >= 0.6 is 0 Å². The van der Waals surface area contributed by atoms with Gasteiger partial charge in [0.2, 0.25) is 0 Å². The molecule has 0 saturated heterocycles. The van der Waals surface area contributed by atoms with E-state index in [0.717, 1.165) is 11.3 Å². The molecule has 0 aromatic heterocycles. The van der Waals surface area contributed by atoms with Crippen molar-refractivity contribution in [2.45, 2.75) is 59.9 Å². The van der Waals surface area contributed by atoms with E-state index in [-0.39, 0.29) is 23.9 Å². The lowest BCUT2D eigenvalue weighted by molar-refractivity contribution is 0.0153. The van der Waals surface area contributed by atoms with Crippen molar-refractivity contribution in [2.75, 3.05) is 0 Å². The van der Waals surface area contributed by atoms with Crippen LogP contribution in [0.2, 0.25) is 0 Å². The first-order chi connectivity index (χ1) is 13.0. The lowest BCUT2D eigenvalue weighted by Gasteiger charge is -2.34. The Kier molecular flexibility index (Phi) is 7.44. The van der Waals surface area contributed by atoms with Gasteiger partial charge in [-0.2, -0.15) is 0 Å². The second-order valence-electron chi connectivity index (χ2n) is 7.38. The fourth-order valence-corrected chi connectivity index (χ4v) is 5.83. The lowest BCUT2D eigenvalue weighted by Crippen LogP contribution is -2.60. The van der Waals surface area contributed by atoms with Crippen molar-refractivity contribution in [3.63, 3.8) is 0 Å². The average molecular weight is 413 g/mol. The summed E-state index contributed by atoms with van der Waals surface area (Å²) in [5.74, 6) is -3.14. The maximum atomic E-state index is 14.1. The van der Waals surface area contributed by atoms with Gasteiger partial charge in [-0.3, -0.25) is 0 Å². The van der Waals surface area contributed by atoms with Crippen molar-refractivity contribution in [1.29, 1.82) is 0 Å². The molecule has 0 spiro atoms. The Bertz CT molecular complexity index is 766. The highest BCUT2D eigenvalue weighted by Crippen LogP contribution is 2.26. The van der Waals surface area contributed by atoms with Crippen LogP contribution in [0.25, 0.3) is 11.1 Å². The van der Waals surface area contributed by atoms with Gasteiger partial charge >= 0.3 is 8.80 Å². The number of benzene rings is 2. The zero-order valence-corrected chi connectivity index (χ0v) is 18.1. The Morgan fingerprint density at radius 2 is 1.07 bits per heavy atom. The molecular formula is C21H27F3O3Si. The third-order valence-electron chi connectivity index (χ3n) is 3.73. The predicted octanol–water partition coefficient (Wildman–Crippen LogP) is 5.19. The molecule has 0 bridgehead atoms. The Labute approximate surface area is 165 Å². The Morgan fingerprint density at radius 1 is 0.643 bits per heavy atom. The maximum Gasteiger partial charge on any atom is 0.537 e. The van der Waals surface area contributed by atoms with E-state index in [4.69, 9.17) is 13.3 Å². The normalized spacial score (nSPS) is 12.4. The predicted molar refractivity (Wildman–Crippen MR) is 106 cm³/mol. The second-order valence-corrected chi connectivity index (χ2v) is 9.78. The zero-order valence-electron chi connectivity index (χ0n) is 17.1. The smallest absolute Gasteiger partial charge is 0.367 e. The molecule has 2 rings (SSSR count). The van der Waals surface area contributed by atoms with E-state index in [9.17, 15) is 13.2 Å². The van der Waals surface area contributed by atoms with Gasteiger partial charge in [0.1, 0.15) is 5.82 Å². The topological polar surface area (TPSA) is 27.7 Å². The van der Waals surface area contributed by atoms with Crippen molar-refractivity contribution in [1.82, 2.24) is 0 Å². The minimum absolute atomic E-state index is 0.0166. The fourth-order valence-electron chi connectivity index (χ4n) is 2.82. The summed E-state index contributed by atoms with van der Waals surface area (Å²) in [5, 5.41) is 0.718. The molecule has 0 unspecified atom stereocenters. The van der Waals surface area contributed by atoms with Crippen LogP contribution in [0.5, 0.6) is 0 Å². The Morgan fingerprint density at radius 3 is 1.50 bits per heavy atom. The van der Waals surface area contributed by atoms with Crippen LogP contribution in [0, 0.1) is 17.5 Å².